The Morgan fingerprint density at radius 2 is 0.471 bits per heavy atom. The maximum atomic E-state index is 13.0. The molecule has 0 unspecified atom stereocenters. The molecule has 568 valence electrons. The molecule has 4 saturated heterocycles. The third-order valence-electron chi connectivity index (χ3n) is 23.6. The van der Waals surface area contributed by atoms with Crippen molar-refractivity contribution < 1.29 is 116 Å². The molecular weight excluding hydrogens is 1340 g/mol. The Morgan fingerprint density at radius 3 is 0.625 bits per heavy atom. The van der Waals surface area contributed by atoms with Gasteiger partial charge in [-0.15, -0.1) is 0 Å². The van der Waals surface area contributed by atoms with Gasteiger partial charge >= 0.3 is 23.9 Å². The molecule has 4 N–H and O–H groups in total. The van der Waals surface area contributed by atoms with Crippen LogP contribution in [0.25, 0.3) is 0 Å². The van der Waals surface area contributed by atoms with Crippen molar-refractivity contribution >= 4 is 47.8 Å². The van der Waals surface area contributed by atoms with Crippen LogP contribution in [0.4, 0.5) is 0 Å². The van der Waals surface area contributed by atoms with E-state index >= 15 is 0 Å². The Hall–Kier alpha value is -7.68. The lowest BCUT2D eigenvalue weighted by atomic mass is 9.80. The zero-order valence-electron chi connectivity index (χ0n) is 60.9. The number of carbonyl (C=O) groups is 8. The predicted molar refractivity (Wildman–Crippen MR) is 370 cm³/mol. The summed E-state index contributed by atoms with van der Waals surface area (Å²) in [5.74, 6) is -7.46. The van der Waals surface area contributed by atoms with Gasteiger partial charge in [0.05, 0.1) is 78.2 Å². The SMILES string of the molecule is C[N@+]1(CC(=O)[O-])CC[C@@H](OC(=O)[C@@](O)(c2ccccc2)C2CCCC2)C1.C[N@+]1(CC(=O)[O-])CC[C@H](OC(=O)[C@](O)(c2ccccc2)C2CCCC2)C1.C[N@@+]1(CC(=O)[O-])CC[C@@H](OC(=O)[C@@](O)(c2ccccc2)C2CCCC2)C1.C[N@@+]1(CC(=O)[O-])CC[C@H](OC(=O)[C@](O)(c2ccccc2)C2CCCC2)C1. The van der Waals surface area contributed by atoms with E-state index in [2.05, 4.69) is 0 Å². The Kier molecular flexibility index (Phi) is 26.8. The minimum absolute atomic E-state index is 0.0976. The normalized spacial score (nSPS) is 28.6. The highest BCUT2D eigenvalue weighted by Gasteiger charge is 2.54. The average molecular weight is 1450 g/mol. The fourth-order valence-electron chi connectivity index (χ4n) is 17.9. The average Bonchev–Trinajstić information content (AvgIpc) is 1.30. The smallest absolute Gasteiger partial charge is 0.343 e. The Bertz CT molecular complexity index is 3090. The first-order chi connectivity index (χ1) is 49.3. The number of benzene rings is 4. The van der Waals surface area contributed by atoms with E-state index in [1.807, 2.05) is 101 Å². The summed E-state index contributed by atoms with van der Waals surface area (Å²) in [6.45, 7) is 3.75. The third kappa shape index (κ3) is 19.7. The molecule has 12 atom stereocenters. The van der Waals surface area contributed by atoms with Crippen molar-refractivity contribution in [3.05, 3.63) is 144 Å². The number of hydrogen-bond acceptors (Lipinski definition) is 20. The molecule has 0 amide bonds. The van der Waals surface area contributed by atoms with Gasteiger partial charge in [0.1, 0.15) is 52.4 Å². The fourth-order valence-corrected chi connectivity index (χ4v) is 17.9. The van der Waals surface area contributed by atoms with E-state index in [0.717, 1.165) is 103 Å². The summed E-state index contributed by atoms with van der Waals surface area (Å²) in [4.78, 5) is 95.9. The first kappa shape index (κ1) is 80.4. The van der Waals surface area contributed by atoms with Gasteiger partial charge < -0.3 is 96.9 Å². The van der Waals surface area contributed by atoms with Gasteiger partial charge in [0, 0.05) is 49.4 Å². The highest BCUT2D eigenvalue weighted by atomic mass is 16.6. The van der Waals surface area contributed by atoms with Crippen LogP contribution in [-0.2, 0) is 79.7 Å². The van der Waals surface area contributed by atoms with Gasteiger partial charge in [0.2, 0.25) is 0 Å². The van der Waals surface area contributed by atoms with Gasteiger partial charge in [-0.2, -0.15) is 0 Å². The summed E-state index contributed by atoms with van der Waals surface area (Å²) in [7, 11) is 7.29. The molecule has 0 spiro atoms. The molecule has 4 aromatic rings. The first-order valence-corrected chi connectivity index (χ1v) is 37.4. The van der Waals surface area contributed by atoms with Crippen LogP contribution in [0, 0.1) is 23.7 Å². The van der Waals surface area contributed by atoms with Gasteiger partial charge in [-0.1, -0.05) is 173 Å². The minimum Gasteiger partial charge on any atom is -0.544 e. The van der Waals surface area contributed by atoms with Crippen molar-refractivity contribution in [3.63, 3.8) is 0 Å². The number of aliphatic hydroxyl groups is 4. The number of quaternary nitrogens is 4. The number of likely N-dealkylation sites (N-methyl/N-ethyl adjacent to an activating group) is 4. The first-order valence-electron chi connectivity index (χ1n) is 37.4. The van der Waals surface area contributed by atoms with E-state index in [1.165, 1.54) is 0 Å². The molecule has 8 aliphatic rings. The zero-order chi connectivity index (χ0) is 75.1. The summed E-state index contributed by atoms with van der Waals surface area (Å²) in [5, 5.41) is 89.3. The standard InChI is InChI=1S/4C20H27NO5/c4*1-21(14-18(22)23)12-11-17(13-21)26-19(24)20(25,16-9-5-6-10-16)15-7-3-2-4-8-15/h4*2-4,7-8,16-17,25H,5-6,9-14H2,1H3/t2*17-,20-,21+;2*17-,20-,21-/m1010/s1. The number of carbonyl (C=O) groups excluding carboxylic acids is 8. The quantitative estimate of drug-likeness (QED) is 0.0444. The molecule has 4 heterocycles. The van der Waals surface area contributed by atoms with E-state index in [0.29, 0.717) is 100 Å². The van der Waals surface area contributed by atoms with Gasteiger partial charge in [-0.05, 0) is 73.6 Å². The van der Waals surface area contributed by atoms with Crippen molar-refractivity contribution in [2.45, 2.75) is 175 Å². The zero-order valence-corrected chi connectivity index (χ0v) is 60.9. The van der Waals surface area contributed by atoms with Crippen molar-refractivity contribution in [1.29, 1.82) is 0 Å². The highest BCUT2D eigenvalue weighted by molar-refractivity contribution is 5.84. The Labute approximate surface area is 610 Å². The van der Waals surface area contributed by atoms with Crippen LogP contribution in [-0.4, -0.2) is 217 Å². The lowest BCUT2D eigenvalue weighted by Gasteiger charge is -2.33. The molecule has 104 heavy (non-hydrogen) atoms. The molecule has 0 bridgehead atoms. The summed E-state index contributed by atoms with van der Waals surface area (Å²) in [5.41, 5.74) is -4.28. The molecule has 24 nitrogen and oxygen atoms in total. The number of esters is 4. The second kappa shape index (κ2) is 34.7. The van der Waals surface area contributed by atoms with Crippen LogP contribution in [0.5, 0.6) is 0 Å². The van der Waals surface area contributed by atoms with Gasteiger partial charge in [0.25, 0.3) is 0 Å². The summed E-state index contributed by atoms with van der Waals surface area (Å²) >= 11 is 0. The van der Waals surface area contributed by atoms with Crippen LogP contribution in [0.15, 0.2) is 121 Å². The molecule has 8 fully saturated rings. The van der Waals surface area contributed by atoms with Crippen molar-refractivity contribution in [1.82, 2.24) is 0 Å². The third-order valence-corrected chi connectivity index (χ3v) is 23.6. The Morgan fingerprint density at radius 1 is 0.308 bits per heavy atom. The van der Waals surface area contributed by atoms with Crippen LogP contribution in [0.1, 0.15) is 151 Å². The number of aliphatic carboxylic acids is 4. The number of hydrogen-bond donors (Lipinski definition) is 4. The van der Waals surface area contributed by atoms with Gasteiger partial charge in [-0.25, -0.2) is 19.2 Å². The molecule has 0 aromatic heterocycles. The summed E-state index contributed by atoms with van der Waals surface area (Å²) in [6.07, 6.45) is 15.1. The van der Waals surface area contributed by atoms with Gasteiger partial charge in [0.15, 0.2) is 46.8 Å². The number of rotatable bonds is 24. The van der Waals surface area contributed by atoms with E-state index < -0.39 is 70.2 Å². The maximum absolute atomic E-state index is 13.0. The molecule has 4 saturated carbocycles. The molecular formula is C80H108N4O20. The topological polar surface area (TPSA) is 347 Å². The number of carboxylic acids is 4. The Balaban J connectivity index is 0.000000161. The molecule has 12 rings (SSSR count). The van der Waals surface area contributed by atoms with Crippen LogP contribution >= 0.6 is 0 Å². The van der Waals surface area contributed by atoms with E-state index in [1.54, 1.807) is 48.5 Å². The molecule has 24 heteroatoms. The van der Waals surface area contributed by atoms with Crippen LogP contribution in [0.3, 0.4) is 0 Å². The molecule has 4 aliphatic heterocycles. The fraction of sp³-hybridized carbons (Fsp3) is 0.600. The number of carboxylic acid groups (broad SMARTS) is 4. The number of likely N-dealkylation sites (tertiary alicyclic amines) is 4. The van der Waals surface area contributed by atoms with E-state index in [9.17, 15) is 79.2 Å². The molecule has 4 aromatic carbocycles. The second-order valence-electron chi connectivity index (χ2n) is 31.9. The number of ether oxygens (including phenoxy) is 4. The van der Waals surface area contributed by atoms with E-state index in [4.69, 9.17) is 18.9 Å². The highest BCUT2D eigenvalue weighted by Crippen LogP contribution is 2.46. The molecule has 4 aliphatic carbocycles. The molecule has 0 radical (unpaired) electrons. The van der Waals surface area contributed by atoms with Crippen LogP contribution < -0.4 is 20.4 Å². The summed E-state index contributed by atoms with van der Waals surface area (Å²) < 4.78 is 24.0. The van der Waals surface area contributed by atoms with Gasteiger partial charge in [-0.3, -0.25) is 0 Å². The summed E-state index contributed by atoms with van der Waals surface area (Å²) in [6, 6.07) is 36.0. The maximum Gasteiger partial charge on any atom is 0.343 e. The lowest BCUT2D eigenvalue weighted by molar-refractivity contribution is -0.893. The predicted octanol–water partition coefficient (Wildman–Crippen LogP) is 2.31. The van der Waals surface area contributed by atoms with Crippen molar-refractivity contribution in [2.24, 2.45) is 23.7 Å². The monoisotopic (exact) mass is 1440 g/mol. The second-order valence-corrected chi connectivity index (χ2v) is 31.9. The van der Waals surface area contributed by atoms with Crippen LogP contribution in [0.2, 0.25) is 0 Å². The number of nitrogens with zero attached hydrogens (tertiary/aromatic N) is 4. The van der Waals surface area contributed by atoms with E-state index in [-0.39, 0.29) is 92.2 Å². The van der Waals surface area contributed by atoms with Crippen molar-refractivity contribution in [2.75, 3.05) is 107 Å². The lowest BCUT2D eigenvalue weighted by Crippen LogP contribution is -2.51. The minimum atomic E-state index is -1.64. The largest absolute Gasteiger partial charge is 0.544 e. The van der Waals surface area contributed by atoms with Crippen molar-refractivity contribution in [3.8, 4) is 0 Å².